The number of nitrogens with two attached hydrogens (primary N) is 1. The largest absolute Gasteiger partial charge is 0.416 e. The topological polar surface area (TPSA) is 87.4 Å². The molecule has 1 fully saturated rings. The van der Waals surface area contributed by atoms with Crippen LogP contribution in [0.5, 0.6) is 0 Å². The summed E-state index contributed by atoms with van der Waals surface area (Å²) in [7, 11) is 1.99. The quantitative estimate of drug-likeness (QED) is 0.522. The summed E-state index contributed by atoms with van der Waals surface area (Å²) in [5.74, 6) is 5.52. The summed E-state index contributed by atoms with van der Waals surface area (Å²) in [6, 6.07) is 8.99. The Balaban J connectivity index is 1.53. The third-order valence-corrected chi connectivity index (χ3v) is 6.25. The van der Waals surface area contributed by atoms with Crippen LogP contribution in [0.25, 0.3) is 0 Å². The van der Waals surface area contributed by atoms with E-state index in [4.69, 9.17) is 5.73 Å². The van der Waals surface area contributed by atoms with Gasteiger partial charge in [0.05, 0.1) is 11.1 Å². The molecule has 0 spiro atoms. The minimum atomic E-state index is -4.54. The molecule has 4 rings (SSSR count). The summed E-state index contributed by atoms with van der Waals surface area (Å²) < 4.78 is 41.7. The fraction of sp³-hybridized carbons (Fsp3) is 0.296. The van der Waals surface area contributed by atoms with Crippen molar-refractivity contribution in [1.82, 2.24) is 19.8 Å². The van der Waals surface area contributed by atoms with Crippen molar-refractivity contribution in [3.63, 3.8) is 0 Å². The third-order valence-electron chi connectivity index (χ3n) is 6.25. The lowest BCUT2D eigenvalue weighted by Crippen LogP contribution is -2.44. The van der Waals surface area contributed by atoms with E-state index in [2.05, 4.69) is 32.0 Å². The Bertz CT molecular complexity index is 1340. The van der Waals surface area contributed by atoms with Gasteiger partial charge in [-0.05, 0) is 49.4 Å². The molecule has 1 amide bonds. The van der Waals surface area contributed by atoms with Crippen molar-refractivity contribution in [2.75, 3.05) is 44.3 Å². The van der Waals surface area contributed by atoms with Gasteiger partial charge in [-0.25, -0.2) is 9.97 Å². The fourth-order valence-corrected chi connectivity index (χ4v) is 4.06. The van der Waals surface area contributed by atoms with E-state index in [9.17, 15) is 18.0 Å². The van der Waals surface area contributed by atoms with Gasteiger partial charge in [-0.1, -0.05) is 24.0 Å². The maximum atomic E-state index is 13.9. The van der Waals surface area contributed by atoms with Crippen molar-refractivity contribution < 1.29 is 18.0 Å². The van der Waals surface area contributed by atoms with E-state index in [0.717, 1.165) is 19.2 Å². The molecule has 1 aliphatic heterocycles. The lowest BCUT2D eigenvalue weighted by molar-refractivity contribution is -0.138. The van der Waals surface area contributed by atoms with Crippen LogP contribution < -0.4 is 11.1 Å². The van der Waals surface area contributed by atoms with Gasteiger partial charge in [0.1, 0.15) is 0 Å². The number of alkyl halides is 3. The number of anilines is 2. The van der Waals surface area contributed by atoms with Crippen LogP contribution in [0.3, 0.4) is 0 Å². The summed E-state index contributed by atoms with van der Waals surface area (Å²) in [5.41, 5.74) is 7.08. The fourth-order valence-electron chi connectivity index (χ4n) is 4.06. The molecule has 0 saturated carbocycles. The van der Waals surface area contributed by atoms with E-state index in [1.807, 2.05) is 11.9 Å². The first kappa shape index (κ1) is 26.1. The molecule has 1 aliphatic rings. The van der Waals surface area contributed by atoms with Crippen LogP contribution in [0.4, 0.5) is 24.8 Å². The van der Waals surface area contributed by atoms with Gasteiger partial charge in [-0.3, -0.25) is 9.69 Å². The Kier molecular flexibility index (Phi) is 7.76. The second kappa shape index (κ2) is 11.0. The van der Waals surface area contributed by atoms with E-state index in [1.165, 1.54) is 24.5 Å². The number of amides is 1. The Morgan fingerprint density at radius 2 is 1.78 bits per heavy atom. The van der Waals surface area contributed by atoms with Gasteiger partial charge in [-0.15, -0.1) is 0 Å². The maximum absolute atomic E-state index is 13.9. The molecule has 1 saturated heterocycles. The molecule has 2 aromatic carbocycles. The first-order valence-corrected chi connectivity index (χ1v) is 11.7. The minimum absolute atomic E-state index is 0.0781. The average molecular weight is 509 g/mol. The number of rotatable bonds is 4. The van der Waals surface area contributed by atoms with Gasteiger partial charge in [0.25, 0.3) is 5.91 Å². The van der Waals surface area contributed by atoms with E-state index in [1.54, 1.807) is 25.1 Å². The van der Waals surface area contributed by atoms with E-state index >= 15 is 0 Å². The zero-order valence-corrected chi connectivity index (χ0v) is 20.6. The number of carbonyl (C=O) groups is 1. The van der Waals surface area contributed by atoms with E-state index < -0.39 is 17.6 Å². The third kappa shape index (κ3) is 6.64. The normalized spacial score (nSPS) is 14.6. The maximum Gasteiger partial charge on any atom is 0.416 e. The van der Waals surface area contributed by atoms with Crippen LogP contribution in [-0.4, -0.2) is 58.9 Å². The van der Waals surface area contributed by atoms with Crippen molar-refractivity contribution in [2.24, 2.45) is 0 Å². The molecular formula is C27H27F3N6O. The monoisotopic (exact) mass is 508 g/mol. The van der Waals surface area contributed by atoms with Crippen LogP contribution in [-0.2, 0) is 12.7 Å². The number of halogens is 3. The van der Waals surface area contributed by atoms with Crippen LogP contribution in [0.2, 0.25) is 0 Å². The van der Waals surface area contributed by atoms with Crippen LogP contribution in [0.1, 0.15) is 38.2 Å². The highest BCUT2D eigenvalue weighted by Crippen LogP contribution is 2.34. The lowest BCUT2D eigenvalue weighted by Gasteiger charge is -2.33. The molecule has 3 aromatic rings. The lowest BCUT2D eigenvalue weighted by atomic mass is 10.0. The molecule has 7 nitrogen and oxygen atoms in total. The highest BCUT2D eigenvalue weighted by atomic mass is 19.4. The Morgan fingerprint density at radius 1 is 1.08 bits per heavy atom. The number of carbonyl (C=O) groups excluding carboxylic acids is 1. The van der Waals surface area contributed by atoms with Crippen molar-refractivity contribution in [1.29, 1.82) is 0 Å². The van der Waals surface area contributed by atoms with Gasteiger partial charge >= 0.3 is 6.18 Å². The second-order valence-electron chi connectivity index (χ2n) is 8.96. The molecule has 192 valence electrons. The molecule has 0 aliphatic carbocycles. The van der Waals surface area contributed by atoms with Gasteiger partial charge < -0.3 is 16.0 Å². The number of hydrogen-bond acceptors (Lipinski definition) is 6. The predicted octanol–water partition coefficient (Wildman–Crippen LogP) is 3.79. The summed E-state index contributed by atoms with van der Waals surface area (Å²) in [6.07, 6.45) is -1.56. The molecule has 0 unspecified atom stereocenters. The predicted molar refractivity (Wildman–Crippen MR) is 136 cm³/mol. The van der Waals surface area contributed by atoms with Crippen molar-refractivity contribution >= 4 is 17.5 Å². The zero-order valence-electron chi connectivity index (χ0n) is 20.6. The minimum Gasteiger partial charge on any atom is -0.368 e. The Hall–Kier alpha value is -3.94. The number of hydrogen-bond donors (Lipinski definition) is 2. The van der Waals surface area contributed by atoms with Crippen LogP contribution >= 0.6 is 0 Å². The van der Waals surface area contributed by atoms with Crippen molar-refractivity contribution in [2.45, 2.75) is 19.6 Å². The molecule has 10 heteroatoms. The number of aromatic nitrogens is 2. The van der Waals surface area contributed by atoms with Crippen molar-refractivity contribution in [3.8, 4) is 11.8 Å². The Labute approximate surface area is 213 Å². The van der Waals surface area contributed by atoms with E-state index in [-0.39, 0.29) is 23.7 Å². The smallest absolute Gasteiger partial charge is 0.368 e. The molecular weight excluding hydrogens is 481 g/mol. The van der Waals surface area contributed by atoms with Crippen molar-refractivity contribution in [3.05, 3.63) is 82.2 Å². The number of likely N-dealkylation sites (N-methyl/N-ethyl adjacent to an activating group) is 1. The summed E-state index contributed by atoms with van der Waals surface area (Å²) in [4.78, 5) is 24.9. The Morgan fingerprint density at radius 3 is 2.46 bits per heavy atom. The van der Waals surface area contributed by atoms with Gasteiger partial charge in [0.2, 0.25) is 5.95 Å². The number of nitrogens with zero attached hydrogens (tertiary/aromatic N) is 4. The molecule has 0 atom stereocenters. The number of piperazine rings is 1. The summed E-state index contributed by atoms with van der Waals surface area (Å²) >= 11 is 0. The SMILES string of the molecule is Cc1c(C#Cc2cnc(N)nc2)cccc1C(=O)Nc1ccc(CN2CCN(C)CC2)c(C(F)(F)F)c1. The van der Waals surface area contributed by atoms with Gasteiger partial charge in [0, 0.05) is 61.9 Å². The average Bonchev–Trinajstić information content (AvgIpc) is 2.86. The molecule has 1 aromatic heterocycles. The van der Waals surface area contributed by atoms with Crippen LogP contribution in [0, 0.1) is 18.8 Å². The molecule has 3 N–H and O–H groups in total. The standard InChI is InChI=1S/C27H27F3N6O/c1-18-20(7-6-19-15-32-26(31)33-16-19)4-3-5-23(18)25(37)34-22-9-8-21(24(14-22)27(28,29)30)17-36-12-10-35(2)11-13-36/h3-5,8-9,14-16H,10-13,17H2,1-2H3,(H,34,37)(H2,31,32,33). The van der Waals surface area contributed by atoms with Crippen LogP contribution in [0.15, 0.2) is 48.8 Å². The molecule has 0 radical (unpaired) electrons. The molecule has 2 heterocycles. The summed E-state index contributed by atoms with van der Waals surface area (Å²) in [5, 5.41) is 2.61. The van der Waals surface area contributed by atoms with Gasteiger partial charge in [0.15, 0.2) is 0 Å². The first-order chi connectivity index (χ1) is 17.6. The molecule has 0 bridgehead atoms. The summed E-state index contributed by atoms with van der Waals surface area (Å²) in [6.45, 7) is 4.97. The highest BCUT2D eigenvalue weighted by Gasteiger charge is 2.34. The first-order valence-electron chi connectivity index (χ1n) is 11.7. The number of benzene rings is 2. The number of nitrogens with one attached hydrogen (secondary N) is 1. The van der Waals surface area contributed by atoms with E-state index in [0.29, 0.717) is 35.3 Å². The second-order valence-corrected chi connectivity index (χ2v) is 8.96. The highest BCUT2D eigenvalue weighted by molar-refractivity contribution is 6.05. The van der Waals surface area contributed by atoms with Gasteiger partial charge in [-0.2, -0.15) is 13.2 Å². The number of nitrogen functional groups attached to an aromatic ring is 1. The molecule has 37 heavy (non-hydrogen) atoms. The zero-order chi connectivity index (χ0) is 26.6.